The lowest BCUT2D eigenvalue weighted by Gasteiger charge is -2.24. The fraction of sp³-hybridized carbons (Fsp3) is 0.467. The zero-order valence-corrected chi connectivity index (χ0v) is 13.8. The van der Waals surface area contributed by atoms with Crippen molar-refractivity contribution in [2.24, 2.45) is 0 Å². The van der Waals surface area contributed by atoms with Gasteiger partial charge in [-0.15, -0.1) is 0 Å². The molecule has 1 aromatic heterocycles. The number of hydrogen-bond donors (Lipinski definition) is 1. The van der Waals surface area contributed by atoms with Gasteiger partial charge in [-0.1, -0.05) is 17.8 Å². The normalized spacial score (nSPS) is 17.8. The molecule has 0 radical (unpaired) electrons. The summed E-state index contributed by atoms with van der Waals surface area (Å²) >= 11 is 1.14. The third-order valence-corrected chi connectivity index (χ3v) is 4.67. The van der Waals surface area contributed by atoms with Crippen LogP contribution in [0.2, 0.25) is 0 Å². The maximum Gasteiger partial charge on any atom is 0.406 e. The molecule has 0 aliphatic carbocycles. The topological polar surface area (TPSA) is 45.2 Å². The first-order valence-corrected chi connectivity index (χ1v) is 8.16. The van der Waals surface area contributed by atoms with Crippen LogP contribution in [0.4, 0.5) is 17.6 Å². The monoisotopic (exact) mass is 363 g/mol. The van der Waals surface area contributed by atoms with E-state index in [0.717, 1.165) is 17.3 Å². The van der Waals surface area contributed by atoms with Gasteiger partial charge in [0.25, 0.3) is 5.91 Å². The molecular weight excluding hydrogens is 346 g/mol. The standard InChI is InChI=1S/C15H17F4N3OS/c1-10-12(24-13(21-10)11-4-2-6-20-8-11)14(23)22(7-3-5-16)9-15(17,18)19/h2,4,6,8,13,21H,3,5,7,9H2,1H3. The van der Waals surface area contributed by atoms with Crippen molar-refractivity contribution in [2.45, 2.75) is 24.9 Å². The lowest BCUT2D eigenvalue weighted by molar-refractivity contribution is -0.158. The number of nitrogens with zero attached hydrogens (tertiary/aromatic N) is 2. The van der Waals surface area contributed by atoms with Crippen LogP contribution < -0.4 is 5.32 Å². The summed E-state index contributed by atoms with van der Waals surface area (Å²) < 4.78 is 50.4. The predicted molar refractivity (Wildman–Crippen MR) is 83.6 cm³/mol. The Morgan fingerprint density at radius 3 is 2.79 bits per heavy atom. The number of hydrogen-bond acceptors (Lipinski definition) is 4. The van der Waals surface area contributed by atoms with Crippen LogP contribution in [0.1, 0.15) is 24.3 Å². The van der Waals surface area contributed by atoms with E-state index >= 15 is 0 Å². The zero-order chi connectivity index (χ0) is 17.7. The molecule has 0 saturated heterocycles. The Hall–Kier alpha value is -1.77. The van der Waals surface area contributed by atoms with Crippen LogP contribution in [0, 0.1) is 0 Å². The van der Waals surface area contributed by atoms with Crippen LogP contribution in [0.3, 0.4) is 0 Å². The summed E-state index contributed by atoms with van der Waals surface area (Å²) in [7, 11) is 0. The van der Waals surface area contributed by atoms with Gasteiger partial charge >= 0.3 is 6.18 Å². The smallest absolute Gasteiger partial charge is 0.372 e. The first kappa shape index (κ1) is 18.6. The van der Waals surface area contributed by atoms with E-state index in [9.17, 15) is 22.4 Å². The number of carbonyl (C=O) groups excluding carboxylic acids is 1. The molecule has 4 nitrogen and oxygen atoms in total. The van der Waals surface area contributed by atoms with Gasteiger partial charge in [0, 0.05) is 30.2 Å². The van der Waals surface area contributed by atoms with E-state index in [-0.39, 0.29) is 23.2 Å². The number of pyridine rings is 1. The van der Waals surface area contributed by atoms with Crippen molar-refractivity contribution >= 4 is 17.7 Å². The Bertz CT molecular complexity index is 606. The van der Waals surface area contributed by atoms with Gasteiger partial charge < -0.3 is 10.2 Å². The first-order valence-electron chi connectivity index (χ1n) is 7.28. The van der Waals surface area contributed by atoms with Crippen LogP contribution >= 0.6 is 11.8 Å². The second-order valence-corrected chi connectivity index (χ2v) is 6.38. The quantitative estimate of drug-likeness (QED) is 0.787. The molecule has 2 heterocycles. The number of alkyl halides is 4. The Morgan fingerprint density at radius 1 is 1.46 bits per heavy atom. The maximum absolute atomic E-state index is 12.7. The number of nitrogens with one attached hydrogen (secondary N) is 1. The van der Waals surface area contributed by atoms with Crippen molar-refractivity contribution in [1.29, 1.82) is 0 Å². The molecule has 0 spiro atoms. The Kier molecular flexibility index (Phi) is 6.09. The summed E-state index contributed by atoms with van der Waals surface area (Å²) in [5.41, 5.74) is 1.32. The molecule has 0 bridgehead atoms. The molecule has 9 heteroatoms. The summed E-state index contributed by atoms with van der Waals surface area (Å²) in [6.07, 6.45) is -1.42. The summed E-state index contributed by atoms with van der Waals surface area (Å²) in [5, 5.41) is 2.79. The highest BCUT2D eigenvalue weighted by molar-refractivity contribution is 8.04. The second kappa shape index (κ2) is 7.87. The number of rotatable bonds is 6. The molecule has 0 fully saturated rings. The largest absolute Gasteiger partial charge is 0.406 e. The molecule has 1 N–H and O–H groups in total. The van der Waals surface area contributed by atoms with Gasteiger partial charge in [0.2, 0.25) is 0 Å². The van der Waals surface area contributed by atoms with Gasteiger partial charge in [-0.3, -0.25) is 14.2 Å². The summed E-state index contributed by atoms with van der Waals surface area (Å²) in [5.74, 6) is -0.734. The average Bonchev–Trinajstić information content (AvgIpc) is 2.92. The highest BCUT2D eigenvalue weighted by Gasteiger charge is 2.36. The first-order chi connectivity index (χ1) is 11.3. The number of aromatic nitrogens is 1. The number of carbonyl (C=O) groups is 1. The van der Waals surface area contributed by atoms with Crippen LogP contribution in [0.15, 0.2) is 35.1 Å². The van der Waals surface area contributed by atoms with Crippen LogP contribution in [-0.2, 0) is 4.79 Å². The highest BCUT2D eigenvalue weighted by Crippen LogP contribution is 2.41. The third kappa shape index (κ3) is 4.86. The summed E-state index contributed by atoms with van der Waals surface area (Å²) in [4.78, 5) is 17.3. The number of amides is 1. The molecule has 0 aromatic carbocycles. The van der Waals surface area contributed by atoms with Crippen molar-refractivity contribution in [3.63, 3.8) is 0 Å². The SMILES string of the molecule is CC1=C(C(=O)N(CCCF)CC(F)(F)F)SC(c2cccnc2)N1. The van der Waals surface area contributed by atoms with Gasteiger partial charge in [-0.05, 0) is 19.4 Å². The second-order valence-electron chi connectivity index (χ2n) is 5.27. The molecule has 2 rings (SSSR count). The average molecular weight is 363 g/mol. The van der Waals surface area contributed by atoms with Crippen molar-refractivity contribution in [3.8, 4) is 0 Å². The molecule has 1 aliphatic rings. The molecule has 0 saturated carbocycles. The predicted octanol–water partition coefficient (Wildman–Crippen LogP) is 3.40. The minimum Gasteiger partial charge on any atom is -0.372 e. The fourth-order valence-corrected chi connectivity index (χ4v) is 3.47. The molecule has 1 amide bonds. The van der Waals surface area contributed by atoms with Crippen LogP contribution in [0.25, 0.3) is 0 Å². The van der Waals surface area contributed by atoms with E-state index in [2.05, 4.69) is 10.3 Å². The van der Waals surface area contributed by atoms with Crippen molar-refractivity contribution in [3.05, 3.63) is 40.7 Å². The molecular formula is C15H17F4N3OS. The van der Waals surface area contributed by atoms with Crippen LogP contribution in [-0.4, -0.2) is 41.7 Å². The summed E-state index contributed by atoms with van der Waals surface area (Å²) in [6, 6.07) is 3.55. The third-order valence-electron chi connectivity index (χ3n) is 3.32. The van der Waals surface area contributed by atoms with Gasteiger partial charge in [0.15, 0.2) is 0 Å². The fourth-order valence-electron chi connectivity index (χ4n) is 2.25. The van der Waals surface area contributed by atoms with E-state index < -0.39 is 25.3 Å². The molecule has 132 valence electrons. The lowest BCUT2D eigenvalue weighted by Crippen LogP contribution is -2.40. The van der Waals surface area contributed by atoms with Crippen molar-refractivity contribution in [2.75, 3.05) is 19.8 Å². The minimum atomic E-state index is -4.53. The summed E-state index contributed by atoms with van der Waals surface area (Å²) in [6.45, 7) is -0.800. The Morgan fingerprint density at radius 2 is 2.21 bits per heavy atom. The molecule has 1 atom stereocenters. The van der Waals surface area contributed by atoms with E-state index in [1.807, 2.05) is 6.07 Å². The van der Waals surface area contributed by atoms with Crippen LogP contribution in [0.5, 0.6) is 0 Å². The Balaban J connectivity index is 2.12. The zero-order valence-electron chi connectivity index (χ0n) is 12.9. The number of thioether (sulfide) groups is 1. The lowest BCUT2D eigenvalue weighted by atomic mass is 10.2. The number of allylic oxidation sites excluding steroid dienone is 1. The van der Waals surface area contributed by atoms with E-state index in [1.165, 1.54) is 0 Å². The molecule has 1 unspecified atom stereocenters. The van der Waals surface area contributed by atoms with Gasteiger partial charge in [-0.25, -0.2) is 0 Å². The van der Waals surface area contributed by atoms with E-state index in [4.69, 9.17) is 0 Å². The van der Waals surface area contributed by atoms with E-state index in [1.54, 1.807) is 25.4 Å². The maximum atomic E-state index is 12.7. The molecule has 24 heavy (non-hydrogen) atoms. The minimum absolute atomic E-state index is 0.127. The van der Waals surface area contributed by atoms with Crippen molar-refractivity contribution < 1.29 is 22.4 Å². The van der Waals surface area contributed by atoms with Gasteiger partial charge in [0.05, 0.1) is 11.6 Å². The van der Waals surface area contributed by atoms with Gasteiger partial charge in [-0.2, -0.15) is 13.2 Å². The van der Waals surface area contributed by atoms with Crippen molar-refractivity contribution in [1.82, 2.24) is 15.2 Å². The molecule has 1 aromatic rings. The highest BCUT2D eigenvalue weighted by atomic mass is 32.2. The molecule has 1 aliphatic heterocycles. The number of halogens is 4. The van der Waals surface area contributed by atoms with Gasteiger partial charge in [0.1, 0.15) is 11.9 Å². The van der Waals surface area contributed by atoms with E-state index in [0.29, 0.717) is 10.6 Å². The Labute approximate surface area is 141 Å².